The van der Waals surface area contributed by atoms with Gasteiger partial charge in [0.05, 0.1) is 17.8 Å². The van der Waals surface area contributed by atoms with Crippen LogP contribution in [0.3, 0.4) is 0 Å². The van der Waals surface area contributed by atoms with E-state index in [2.05, 4.69) is 20.1 Å². The van der Waals surface area contributed by atoms with Crippen molar-refractivity contribution >= 4 is 29.2 Å². The quantitative estimate of drug-likeness (QED) is 0.371. The minimum Gasteiger partial charge on any atom is -0.394 e. The first-order chi connectivity index (χ1) is 16.8. The third-order valence-electron chi connectivity index (χ3n) is 5.34. The molecule has 1 aromatic carbocycles. The molecule has 35 heavy (non-hydrogen) atoms. The fraction of sp³-hybridized carbons (Fsp3) is 0.333. The van der Waals surface area contributed by atoms with Gasteiger partial charge in [-0.1, -0.05) is 23.4 Å². The van der Waals surface area contributed by atoms with Crippen LogP contribution in [0.1, 0.15) is 6.04 Å². The van der Waals surface area contributed by atoms with Gasteiger partial charge in [0.15, 0.2) is 17.5 Å². The number of hydrogen-bond acceptors (Lipinski definition) is 8. The van der Waals surface area contributed by atoms with E-state index in [-0.39, 0.29) is 17.1 Å². The molecule has 4 rings (SSSR count). The van der Waals surface area contributed by atoms with E-state index in [4.69, 9.17) is 27.6 Å². The number of aromatic nitrogens is 4. The van der Waals surface area contributed by atoms with E-state index in [1.165, 1.54) is 30.3 Å². The summed E-state index contributed by atoms with van der Waals surface area (Å²) in [6.07, 6.45) is -0.655. The second kappa shape index (κ2) is 10.5. The molecule has 2 N–H and O–H groups in total. The summed E-state index contributed by atoms with van der Waals surface area (Å²) in [7, 11) is 1.37. The van der Waals surface area contributed by atoms with Gasteiger partial charge in [-0.2, -0.15) is 0 Å². The number of ether oxygens (including phenoxy) is 2. The number of hydrogen-bond donors (Lipinski definition) is 2. The maximum absolute atomic E-state index is 13.7. The largest absolute Gasteiger partial charge is 0.394 e. The van der Waals surface area contributed by atoms with Crippen LogP contribution in [0.25, 0.3) is 16.1 Å². The van der Waals surface area contributed by atoms with Crippen molar-refractivity contribution in [2.24, 2.45) is 0 Å². The summed E-state index contributed by atoms with van der Waals surface area (Å²) in [5.74, 6) is -4.32. The predicted octanol–water partition coefficient (Wildman–Crippen LogP) is 3.39. The molecule has 0 spiro atoms. The van der Waals surface area contributed by atoms with Crippen molar-refractivity contribution in [3.8, 4) is 11.3 Å². The number of aliphatic hydroxyl groups is 2. The van der Waals surface area contributed by atoms with E-state index < -0.39 is 53.8 Å². The lowest BCUT2D eigenvalue weighted by Crippen LogP contribution is -2.55. The van der Waals surface area contributed by atoms with Crippen LogP contribution < -0.4 is 0 Å². The number of nitrogens with zero attached hydrogens (tertiary/aromatic N) is 5. The van der Waals surface area contributed by atoms with Crippen LogP contribution in [-0.2, 0) is 9.47 Å². The van der Waals surface area contributed by atoms with Crippen LogP contribution in [-0.4, -0.2) is 67.7 Å². The molecule has 1 saturated heterocycles. The Morgan fingerprint density at radius 1 is 1.29 bits per heavy atom. The van der Waals surface area contributed by atoms with Crippen LogP contribution in [0.2, 0.25) is 5.02 Å². The highest BCUT2D eigenvalue weighted by Gasteiger charge is 2.47. The van der Waals surface area contributed by atoms with E-state index in [9.17, 15) is 23.4 Å². The third-order valence-corrected chi connectivity index (χ3v) is 6.71. The lowest BCUT2D eigenvalue weighted by molar-refractivity contribution is -0.186. The van der Waals surface area contributed by atoms with Gasteiger partial charge in [0, 0.05) is 17.6 Å². The monoisotopic (exact) mass is 527 g/mol. The molecule has 1 fully saturated rings. The Bertz CT molecular complexity index is 1250. The zero-order chi connectivity index (χ0) is 25.3. The van der Waals surface area contributed by atoms with E-state index in [1.54, 1.807) is 0 Å². The number of thioether (sulfide) groups is 1. The van der Waals surface area contributed by atoms with Gasteiger partial charge in [0.25, 0.3) is 5.82 Å². The lowest BCUT2D eigenvalue weighted by Gasteiger charge is -2.43. The molecule has 0 radical (unpaired) electrons. The first-order valence-electron chi connectivity index (χ1n) is 10.0. The number of methoxy groups -OCH3 is 1. The molecule has 3 aromatic rings. The molecule has 2 unspecified atom stereocenters. The Hall–Kier alpha value is -2.73. The van der Waals surface area contributed by atoms with E-state index in [1.807, 2.05) is 0 Å². The summed E-state index contributed by atoms with van der Waals surface area (Å²) in [5.41, 5.74) is -0.922. The minimum atomic E-state index is -1.61. The Kier molecular flexibility index (Phi) is 7.60. The van der Waals surface area contributed by atoms with Crippen molar-refractivity contribution in [2.45, 2.75) is 34.7 Å². The summed E-state index contributed by atoms with van der Waals surface area (Å²) >= 11 is 7.09. The van der Waals surface area contributed by atoms with Crippen molar-refractivity contribution in [1.82, 2.24) is 20.0 Å². The molecule has 1 aliphatic heterocycles. The van der Waals surface area contributed by atoms with Gasteiger partial charge in [0.1, 0.15) is 41.7 Å². The highest BCUT2D eigenvalue weighted by molar-refractivity contribution is 8.00. The standard InChI is InChI=1S/C21H17ClF3N5O4S/c1-26-20-15(5-10(22)6-27-20)35-21-19(33-2)17(18(32)14(8-31)34-21)30-7-13(28-29-30)9-3-11(23)16(25)12(24)4-9/h3-7,14,17-19,21,31-32H,8H2,2H3/t14?,17?,18-,19-,21+/m0/s1. The number of halogens is 4. The molecule has 0 amide bonds. The van der Waals surface area contributed by atoms with Crippen LogP contribution in [0.5, 0.6) is 0 Å². The predicted molar refractivity (Wildman–Crippen MR) is 118 cm³/mol. The van der Waals surface area contributed by atoms with Crippen LogP contribution in [0, 0.1) is 24.0 Å². The Balaban J connectivity index is 1.70. The minimum absolute atomic E-state index is 0.00966. The normalized spacial score (nSPS) is 24.3. The molecule has 0 bridgehead atoms. The van der Waals surface area contributed by atoms with Crippen molar-refractivity contribution in [3.63, 3.8) is 0 Å². The van der Waals surface area contributed by atoms with Gasteiger partial charge in [-0.25, -0.2) is 17.9 Å². The molecule has 0 aliphatic carbocycles. The fourth-order valence-electron chi connectivity index (χ4n) is 3.68. The average Bonchev–Trinajstić information content (AvgIpc) is 3.32. The summed E-state index contributed by atoms with van der Waals surface area (Å²) in [6.45, 7) is 6.78. The summed E-state index contributed by atoms with van der Waals surface area (Å²) in [4.78, 5) is 7.74. The Labute approximate surface area is 206 Å². The zero-order valence-corrected chi connectivity index (χ0v) is 19.4. The van der Waals surface area contributed by atoms with Gasteiger partial charge in [0.2, 0.25) is 0 Å². The molecular weight excluding hydrogens is 511 g/mol. The lowest BCUT2D eigenvalue weighted by atomic mass is 9.97. The van der Waals surface area contributed by atoms with Crippen LogP contribution in [0.15, 0.2) is 35.5 Å². The molecule has 9 nitrogen and oxygen atoms in total. The fourth-order valence-corrected chi connectivity index (χ4v) is 5.15. The molecule has 184 valence electrons. The number of aliphatic hydroxyl groups excluding tert-OH is 2. The van der Waals surface area contributed by atoms with Crippen molar-refractivity contribution in [2.75, 3.05) is 13.7 Å². The van der Waals surface area contributed by atoms with Gasteiger partial charge >= 0.3 is 0 Å². The highest BCUT2D eigenvalue weighted by Crippen LogP contribution is 2.42. The van der Waals surface area contributed by atoms with Gasteiger partial charge in [-0.05, 0) is 18.2 Å². The van der Waals surface area contributed by atoms with Gasteiger partial charge in [-0.3, -0.25) is 0 Å². The SMILES string of the molecule is [C-]#[N+]c1ncc(Cl)cc1S[C@H]1OC(CO)[C@H](O)C(n2cc(-c3cc(F)c(F)c(F)c3)nn2)[C@@H]1OC. The average molecular weight is 528 g/mol. The molecular formula is C21H17ClF3N5O4S. The zero-order valence-electron chi connectivity index (χ0n) is 17.8. The van der Waals surface area contributed by atoms with Crippen LogP contribution in [0.4, 0.5) is 19.0 Å². The molecule has 2 aromatic heterocycles. The molecule has 3 heterocycles. The maximum atomic E-state index is 13.7. The maximum Gasteiger partial charge on any atom is 0.283 e. The summed E-state index contributed by atoms with van der Waals surface area (Å²) < 4.78 is 53.4. The topological polar surface area (TPSA) is 107 Å². The Morgan fingerprint density at radius 2 is 2.00 bits per heavy atom. The molecule has 1 aliphatic rings. The van der Waals surface area contributed by atoms with E-state index in [0.29, 0.717) is 9.92 Å². The Morgan fingerprint density at radius 3 is 2.63 bits per heavy atom. The van der Waals surface area contributed by atoms with E-state index >= 15 is 0 Å². The van der Waals surface area contributed by atoms with Crippen molar-refractivity contribution in [3.05, 3.63) is 64.5 Å². The second-order valence-corrected chi connectivity index (χ2v) is 9.03. The van der Waals surface area contributed by atoms with Gasteiger partial charge < -0.3 is 24.5 Å². The molecule has 5 atom stereocenters. The van der Waals surface area contributed by atoms with E-state index in [0.717, 1.165) is 23.9 Å². The third kappa shape index (κ3) is 4.99. The smallest absolute Gasteiger partial charge is 0.283 e. The summed E-state index contributed by atoms with van der Waals surface area (Å²) in [5, 5.41) is 28.8. The molecule has 14 heteroatoms. The number of rotatable bonds is 6. The number of benzene rings is 1. The van der Waals surface area contributed by atoms with Crippen LogP contribution >= 0.6 is 23.4 Å². The second-order valence-electron chi connectivity index (χ2n) is 7.45. The first kappa shape index (κ1) is 25.4. The number of pyridine rings is 1. The van der Waals surface area contributed by atoms with Crippen molar-refractivity contribution < 1.29 is 32.9 Å². The molecule has 0 saturated carbocycles. The van der Waals surface area contributed by atoms with Crippen molar-refractivity contribution in [1.29, 1.82) is 0 Å². The highest BCUT2D eigenvalue weighted by atomic mass is 35.5. The van der Waals surface area contributed by atoms with Gasteiger partial charge in [-0.15, -0.1) is 21.8 Å². The first-order valence-corrected chi connectivity index (χ1v) is 11.3. The summed E-state index contributed by atoms with van der Waals surface area (Å²) in [6, 6.07) is 2.10.